The summed E-state index contributed by atoms with van der Waals surface area (Å²) in [6.07, 6.45) is -0.852. The summed E-state index contributed by atoms with van der Waals surface area (Å²) in [6, 6.07) is 7.76. The van der Waals surface area contributed by atoms with Gasteiger partial charge in [0.1, 0.15) is 12.6 Å². The van der Waals surface area contributed by atoms with Crippen molar-refractivity contribution in [3.63, 3.8) is 0 Å². The molecule has 0 saturated heterocycles. The molecular weight excluding hydrogens is 304 g/mol. The fourth-order valence-electron chi connectivity index (χ4n) is 1.57. The predicted octanol–water partition coefficient (Wildman–Crippen LogP) is 0.111. The summed E-state index contributed by atoms with van der Waals surface area (Å²) in [4.78, 5) is 34.1. The number of hydrogen-bond acceptors (Lipinski definition) is 5. The van der Waals surface area contributed by atoms with E-state index in [1.165, 1.54) is 6.92 Å². The molecule has 4 N–H and O–H groups in total. The smallest absolute Gasteiger partial charge is 0.408 e. The van der Waals surface area contributed by atoms with Crippen LogP contribution in [0.3, 0.4) is 0 Å². The fourth-order valence-corrected chi connectivity index (χ4v) is 1.57. The molecule has 1 rings (SSSR count). The Morgan fingerprint density at radius 2 is 1.87 bits per heavy atom. The number of aliphatic hydroxyl groups is 1. The highest BCUT2D eigenvalue weighted by atomic mass is 16.5. The number of rotatable bonds is 8. The van der Waals surface area contributed by atoms with Gasteiger partial charge in [0.15, 0.2) is 0 Å². The number of carboxylic acid groups (broad SMARTS) is 1. The number of carboxylic acids is 1. The number of aliphatic hydroxyl groups excluding tert-OH is 1. The molecule has 0 radical (unpaired) electrons. The molecule has 8 nitrogen and oxygen atoms in total. The molecule has 0 heterocycles. The average Bonchev–Trinajstić information content (AvgIpc) is 2.56. The van der Waals surface area contributed by atoms with E-state index in [0.29, 0.717) is 0 Å². The van der Waals surface area contributed by atoms with Crippen LogP contribution in [0.1, 0.15) is 12.5 Å². The van der Waals surface area contributed by atoms with Crippen LogP contribution in [0, 0.1) is 5.92 Å². The second-order valence-corrected chi connectivity index (χ2v) is 4.93. The Morgan fingerprint density at radius 1 is 1.22 bits per heavy atom. The molecule has 0 bridgehead atoms. The molecule has 2 atom stereocenters. The van der Waals surface area contributed by atoms with Gasteiger partial charge in [0, 0.05) is 6.54 Å². The Labute approximate surface area is 133 Å². The van der Waals surface area contributed by atoms with Crippen LogP contribution in [0.15, 0.2) is 30.3 Å². The Kier molecular flexibility index (Phi) is 7.55. The highest BCUT2D eigenvalue weighted by molar-refractivity contribution is 5.86. The SMILES string of the molecule is C[C@H](CNC(=O)[C@H](CO)NC(=O)OCc1ccccc1)C(=O)O. The Morgan fingerprint density at radius 3 is 2.43 bits per heavy atom. The summed E-state index contributed by atoms with van der Waals surface area (Å²) in [5.41, 5.74) is 0.780. The zero-order valence-corrected chi connectivity index (χ0v) is 12.7. The van der Waals surface area contributed by atoms with E-state index in [0.717, 1.165) is 5.56 Å². The maximum atomic E-state index is 11.8. The molecule has 1 aromatic rings. The van der Waals surface area contributed by atoms with E-state index in [-0.39, 0.29) is 13.2 Å². The summed E-state index contributed by atoms with van der Waals surface area (Å²) >= 11 is 0. The monoisotopic (exact) mass is 324 g/mol. The molecule has 0 aromatic heterocycles. The molecule has 0 spiro atoms. The van der Waals surface area contributed by atoms with Crippen molar-refractivity contribution in [1.82, 2.24) is 10.6 Å². The number of alkyl carbamates (subject to hydrolysis) is 1. The van der Waals surface area contributed by atoms with Gasteiger partial charge in [-0.15, -0.1) is 0 Å². The molecule has 0 unspecified atom stereocenters. The van der Waals surface area contributed by atoms with Gasteiger partial charge >= 0.3 is 12.1 Å². The van der Waals surface area contributed by atoms with Crippen LogP contribution in [0.4, 0.5) is 4.79 Å². The van der Waals surface area contributed by atoms with Crippen molar-refractivity contribution in [1.29, 1.82) is 0 Å². The van der Waals surface area contributed by atoms with Gasteiger partial charge in [-0.25, -0.2) is 4.79 Å². The van der Waals surface area contributed by atoms with Crippen LogP contribution in [-0.2, 0) is 20.9 Å². The summed E-state index contributed by atoms with van der Waals surface area (Å²) in [5.74, 6) is -2.51. The lowest BCUT2D eigenvalue weighted by molar-refractivity contribution is -0.141. The summed E-state index contributed by atoms with van der Waals surface area (Å²) < 4.78 is 4.94. The third-order valence-electron chi connectivity index (χ3n) is 3.01. The molecule has 1 aromatic carbocycles. The zero-order valence-electron chi connectivity index (χ0n) is 12.7. The van der Waals surface area contributed by atoms with Gasteiger partial charge < -0.3 is 25.6 Å². The molecular formula is C15H20N2O6. The van der Waals surface area contributed by atoms with Crippen molar-refractivity contribution >= 4 is 18.0 Å². The van der Waals surface area contributed by atoms with E-state index < -0.39 is 36.5 Å². The molecule has 0 aliphatic heterocycles. The van der Waals surface area contributed by atoms with Gasteiger partial charge in [0.05, 0.1) is 12.5 Å². The lowest BCUT2D eigenvalue weighted by Crippen LogP contribution is -2.50. The maximum Gasteiger partial charge on any atom is 0.408 e. The molecule has 0 saturated carbocycles. The number of ether oxygens (including phenoxy) is 1. The standard InChI is InChI=1S/C15H20N2O6/c1-10(14(20)21)7-16-13(19)12(8-18)17-15(22)23-9-11-5-3-2-4-6-11/h2-6,10,12,18H,7-9H2,1H3,(H,16,19)(H,17,22)(H,20,21)/t10-,12+/m1/s1. The van der Waals surface area contributed by atoms with E-state index >= 15 is 0 Å². The normalized spacial score (nSPS) is 12.8. The number of carbonyl (C=O) groups is 3. The first-order chi connectivity index (χ1) is 10.9. The van der Waals surface area contributed by atoms with Crippen LogP contribution in [0.25, 0.3) is 0 Å². The highest BCUT2D eigenvalue weighted by Gasteiger charge is 2.22. The lowest BCUT2D eigenvalue weighted by atomic mass is 10.2. The van der Waals surface area contributed by atoms with Gasteiger partial charge in [-0.05, 0) is 5.56 Å². The van der Waals surface area contributed by atoms with Crippen molar-refractivity contribution < 1.29 is 29.3 Å². The third kappa shape index (κ3) is 6.79. The third-order valence-corrected chi connectivity index (χ3v) is 3.01. The van der Waals surface area contributed by atoms with E-state index in [2.05, 4.69) is 10.6 Å². The number of carbonyl (C=O) groups excluding carboxylic acids is 2. The minimum absolute atomic E-state index is 0.0302. The molecule has 23 heavy (non-hydrogen) atoms. The van der Waals surface area contributed by atoms with E-state index in [1.54, 1.807) is 24.3 Å². The van der Waals surface area contributed by atoms with Crippen molar-refractivity contribution in [2.24, 2.45) is 5.92 Å². The molecule has 8 heteroatoms. The van der Waals surface area contributed by atoms with Gasteiger partial charge in [-0.3, -0.25) is 9.59 Å². The van der Waals surface area contributed by atoms with Gasteiger partial charge in [0.2, 0.25) is 5.91 Å². The summed E-state index contributed by atoms with van der Waals surface area (Å²) in [7, 11) is 0. The average molecular weight is 324 g/mol. The molecule has 126 valence electrons. The predicted molar refractivity (Wildman–Crippen MR) is 80.4 cm³/mol. The summed E-state index contributed by atoms with van der Waals surface area (Å²) in [6.45, 7) is 0.722. The number of amides is 2. The highest BCUT2D eigenvalue weighted by Crippen LogP contribution is 2.01. The van der Waals surface area contributed by atoms with Crippen molar-refractivity contribution in [2.45, 2.75) is 19.6 Å². The van der Waals surface area contributed by atoms with Crippen LogP contribution in [0.2, 0.25) is 0 Å². The molecule has 0 aliphatic rings. The fraction of sp³-hybridized carbons (Fsp3) is 0.400. The van der Waals surface area contributed by atoms with Gasteiger partial charge in [-0.1, -0.05) is 37.3 Å². The van der Waals surface area contributed by atoms with Crippen LogP contribution in [-0.4, -0.2) is 47.4 Å². The Bertz CT molecular complexity index is 534. The van der Waals surface area contributed by atoms with E-state index in [1.807, 2.05) is 6.07 Å². The number of benzene rings is 1. The minimum Gasteiger partial charge on any atom is -0.481 e. The van der Waals surface area contributed by atoms with Crippen LogP contribution in [0.5, 0.6) is 0 Å². The first-order valence-electron chi connectivity index (χ1n) is 7.02. The topological polar surface area (TPSA) is 125 Å². The zero-order chi connectivity index (χ0) is 17.2. The lowest BCUT2D eigenvalue weighted by Gasteiger charge is -2.17. The first-order valence-corrected chi connectivity index (χ1v) is 7.02. The van der Waals surface area contributed by atoms with Crippen molar-refractivity contribution in [3.8, 4) is 0 Å². The van der Waals surface area contributed by atoms with Gasteiger partial charge in [0.25, 0.3) is 0 Å². The Hall–Kier alpha value is -2.61. The van der Waals surface area contributed by atoms with Crippen molar-refractivity contribution in [3.05, 3.63) is 35.9 Å². The Balaban J connectivity index is 2.40. The molecule has 0 fully saturated rings. The first kappa shape index (κ1) is 18.4. The number of hydrogen-bond donors (Lipinski definition) is 4. The van der Waals surface area contributed by atoms with E-state index in [4.69, 9.17) is 14.9 Å². The molecule has 2 amide bonds. The quantitative estimate of drug-likeness (QED) is 0.538. The number of aliphatic carboxylic acids is 1. The number of nitrogens with one attached hydrogen (secondary N) is 2. The molecule has 0 aliphatic carbocycles. The second kappa shape index (κ2) is 9.42. The summed E-state index contributed by atoms with van der Waals surface area (Å²) in [5, 5.41) is 22.4. The van der Waals surface area contributed by atoms with Crippen LogP contribution < -0.4 is 10.6 Å². The van der Waals surface area contributed by atoms with Gasteiger partial charge in [-0.2, -0.15) is 0 Å². The largest absolute Gasteiger partial charge is 0.481 e. The second-order valence-electron chi connectivity index (χ2n) is 4.93. The minimum atomic E-state index is -1.21. The van der Waals surface area contributed by atoms with E-state index in [9.17, 15) is 14.4 Å². The van der Waals surface area contributed by atoms with Crippen LogP contribution >= 0.6 is 0 Å². The van der Waals surface area contributed by atoms with Crippen molar-refractivity contribution in [2.75, 3.05) is 13.2 Å². The maximum absolute atomic E-state index is 11.8.